The number of hydrogen-bond acceptors (Lipinski definition) is 4. The summed E-state index contributed by atoms with van der Waals surface area (Å²) in [5, 5.41) is 3.72. The number of ether oxygens (including phenoxy) is 1. The van der Waals surface area contributed by atoms with Crippen LogP contribution in [0.15, 0.2) is 47.2 Å². The SMILES string of the molecule is COC(=O)c1ccc(C(=O)Nc2cc3c(cn2)c(Br)cn3C)cc1. The second-order valence-corrected chi connectivity index (χ2v) is 6.05. The van der Waals surface area contributed by atoms with Crippen molar-refractivity contribution >= 4 is 44.5 Å². The van der Waals surface area contributed by atoms with E-state index < -0.39 is 5.97 Å². The van der Waals surface area contributed by atoms with Gasteiger partial charge in [-0.1, -0.05) is 0 Å². The van der Waals surface area contributed by atoms with Gasteiger partial charge in [-0.2, -0.15) is 0 Å². The quantitative estimate of drug-likeness (QED) is 0.699. The number of nitrogens with one attached hydrogen (secondary N) is 1. The molecule has 0 spiro atoms. The minimum Gasteiger partial charge on any atom is -0.465 e. The summed E-state index contributed by atoms with van der Waals surface area (Å²) >= 11 is 3.47. The summed E-state index contributed by atoms with van der Waals surface area (Å²) in [5.41, 5.74) is 1.77. The molecule has 2 heterocycles. The lowest BCUT2D eigenvalue weighted by Crippen LogP contribution is -2.13. The maximum Gasteiger partial charge on any atom is 0.337 e. The van der Waals surface area contributed by atoms with E-state index in [0.29, 0.717) is 16.9 Å². The average molecular weight is 388 g/mol. The van der Waals surface area contributed by atoms with Gasteiger partial charge in [-0.25, -0.2) is 9.78 Å². The Kier molecular flexibility index (Phi) is 4.35. The predicted molar refractivity (Wildman–Crippen MR) is 94.1 cm³/mol. The molecule has 1 amide bonds. The first-order valence-corrected chi connectivity index (χ1v) is 7.89. The average Bonchev–Trinajstić information content (AvgIpc) is 2.88. The highest BCUT2D eigenvalue weighted by molar-refractivity contribution is 9.10. The van der Waals surface area contributed by atoms with Crippen molar-refractivity contribution in [1.82, 2.24) is 9.55 Å². The van der Waals surface area contributed by atoms with Gasteiger partial charge in [0.2, 0.25) is 0 Å². The Hall–Kier alpha value is -2.67. The zero-order valence-corrected chi connectivity index (χ0v) is 14.6. The standard InChI is InChI=1S/C17H14BrN3O3/c1-21-9-13(18)12-8-19-15(7-14(12)21)20-16(22)10-3-5-11(6-4-10)17(23)24-2/h3-9H,1-2H3,(H,19,20,22). The lowest BCUT2D eigenvalue weighted by Gasteiger charge is -2.06. The summed E-state index contributed by atoms with van der Waals surface area (Å²) in [4.78, 5) is 28.0. The van der Waals surface area contributed by atoms with Crippen molar-refractivity contribution in [2.24, 2.45) is 7.05 Å². The number of rotatable bonds is 3. The lowest BCUT2D eigenvalue weighted by atomic mass is 10.1. The van der Waals surface area contributed by atoms with Crippen molar-refractivity contribution in [3.63, 3.8) is 0 Å². The third kappa shape index (κ3) is 3.03. The Morgan fingerprint density at radius 1 is 1.21 bits per heavy atom. The van der Waals surface area contributed by atoms with E-state index in [1.807, 2.05) is 17.8 Å². The second kappa shape index (κ2) is 6.45. The number of nitrogens with zero attached hydrogens (tertiary/aromatic N) is 2. The van der Waals surface area contributed by atoms with Crippen LogP contribution in [0.25, 0.3) is 10.9 Å². The highest BCUT2D eigenvalue weighted by Crippen LogP contribution is 2.26. The molecule has 0 aliphatic rings. The summed E-state index contributed by atoms with van der Waals surface area (Å²) in [6, 6.07) is 8.04. The Bertz CT molecular complexity index is 932. The van der Waals surface area contributed by atoms with Crippen molar-refractivity contribution in [2.75, 3.05) is 12.4 Å². The van der Waals surface area contributed by atoms with E-state index in [2.05, 4.69) is 31.0 Å². The van der Waals surface area contributed by atoms with Crippen molar-refractivity contribution in [3.8, 4) is 0 Å². The molecule has 0 fully saturated rings. The summed E-state index contributed by atoms with van der Waals surface area (Å²) in [6.45, 7) is 0. The number of fused-ring (bicyclic) bond motifs is 1. The highest BCUT2D eigenvalue weighted by Gasteiger charge is 2.11. The molecule has 0 saturated carbocycles. The number of methoxy groups -OCH3 is 1. The van der Waals surface area contributed by atoms with Crippen molar-refractivity contribution in [3.05, 3.63) is 58.3 Å². The Balaban J connectivity index is 1.81. The van der Waals surface area contributed by atoms with E-state index in [1.54, 1.807) is 36.5 Å². The molecule has 6 nitrogen and oxygen atoms in total. The fraction of sp³-hybridized carbons (Fsp3) is 0.118. The molecule has 7 heteroatoms. The van der Waals surface area contributed by atoms with Crippen molar-refractivity contribution in [1.29, 1.82) is 0 Å². The van der Waals surface area contributed by atoms with Crippen LogP contribution in [0.3, 0.4) is 0 Å². The number of hydrogen-bond donors (Lipinski definition) is 1. The van der Waals surface area contributed by atoms with Gasteiger partial charge in [-0.05, 0) is 40.2 Å². The van der Waals surface area contributed by atoms with Gasteiger partial charge >= 0.3 is 5.97 Å². The number of benzene rings is 1. The summed E-state index contributed by atoms with van der Waals surface area (Å²) < 4.78 is 7.52. The molecule has 24 heavy (non-hydrogen) atoms. The van der Waals surface area contributed by atoms with Gasteiger partial charge in [0.05, 0.1) is 18.2 Å². The minimum atomic E-state index is -0.441. The van der Waals surface area contributed by atoms with Crippen LogP contribution in [0, 0.1) is 0 Å². The van der Waals surface area contributed by atoms with Crippen LogP contribution in [-0.2, 0) is 11.8 Å². The van der Waals surface area contributed by atoms with Crippen LogP contribution >= 0.6 is 15.9 Å². The molecular formula is C17H14BrN3O3. The Labute approximate surface area is 146 Å². The normalized spacial score (nSPS) is 10.6. The van der Waals surface area contributed by atoms with Crippen LogP contribution in [0.4, 0.5) is 5.82 Å². The molecule has 0 unspecified atom stereocenters. The van der Waals surface area contributed by atoms with Gasteiger partial charge in [0.15, 0.2) is 0 Å². The summed E-state index contributed by atoms with van der Waals surface area (Å²) in [6.07, 6.45) is 3.64. The fourth-order valence-corrected chi connectivity index (χ4v) is 2.97. The number of pyridine rings is 1. The molecule has 0 atom stereocenters. The van der Waals surface area contributed by atoms with Gasteiger partial charge < -0.3 is 14.6 Å². The number of amides is 1. The van der Waals surface area contributed by atoms with E-state index in [0.717, 1.165) is 15.4 Å². The number of esters is 1. The molecule has 122 valence electrons. The maximum absolute atomic E-state index is 12.3. The molecular weight excluding hydrogens is 374 g/mol. The molecule has 0 aliphatic heterocycles. The van der Waals surface area contributed by atoms with Crippen molar-refractivity contribution < 1.29 is 14.3 Å². The highest BCUT2D eigenvalue weighted by atomic mass is 79.9. The smallest absolute Gasteiger partial charge is 0.337 e. The first-order chi connectivity index (χ1) is 11.5. The first kappa shape index (κ1) is 16.2. The number of anilines is 1. The monoisotopic (exact) mass is 387 g/mol. The predicted octanol–water partition coefficient (Wildman–Crippen LogP) is 3.37. The minimum absolute atomic E-state index is 0.299. The van der Waals surface area contributed by atoms with Gasteiger partial charge in [-0.15, -0.1) is 0 Å². The Morgan fingerprint density at radius 3 is 2.54 bits per heavy atom. The van der Waals surface area contributed by atoms with Crippen LogP contribution in [0.1, 0.15) is 20.7 Å². The third-order valence-corrected chi connectivity index (χ3v) is 4.27. The molecule has 0 saturated heterocycles. The van der Waals surface area contributed by atoms with Gasteiger partial charge in [-0.3, -0.25) is 4.79 Å². The molecule has 1 aromatic carbocycles. The second-order valence-electron chi connectivity index (χ2n) is 5.20. The summed E-state index contributed by atoms with van der Waals surface area (Å²) in [7, 11) is 3.23. The maximum atomic E-state index is 12.3. The van der Waals surface area contributed by atoms with Crippen LogP contribution in [0.5, 0.6) is 0 Å². The topological polar surface area (TPSA) is 73.2 Å². The molecule has 2 aromatic heterocycles. The molecule has 0 bridgehead atoms. The molecule has 0 aliphatic carbocycles. The van der Waals surface area contributed by atoms with E-state index in [4.69, 9.17) is 0 Å². The zero-order valence-electron chi connectivity index (χ0n) is 13.0. The number of aryl methyl sites for hydroxylation is 1. The number of aromatic nitrogens is 2. The van der Waals surface area contributed by atoms with E-state index in [-0.39, 0.29) is 5.91 Å². The zero-order chi connectivity index (χ0) is 17.3. The lowest BCUT2D eigenvalue weighted by molar-refractivity contribution is 0.0600. The first-order valence-electron chi connectivity index (χ1n) is 7.10. The van der Waals surface area contributed by atoms with E-state index >= 15 is 0 Å². The van der Waals surface area contributed by atoms with Gasteiger partial charge in [0.1, 0.15) is 5.82 Å². The van der Waals surface area contributed by atoms with Crippen LogP contribution in [-0.4, -0.2) is 28.5 Å². The van der Waals surface area contributed by atoms with Crippen molar-refractivity contribution in [2.45, 2.75) is 0 Å². The number of carbonyl (C=O) groups excluding carboxylic acids is 2. The number of halogens is 1. The third-order valence-electron chi connectivity index (χ3n) is 3.64. The molecule has 0 radical (unpaired) electrons. The van der Waals surface area contributed by atoms with Crippen LogP contribution < -0.4 is 5.32 Å². The molecule has 3 aromatic rings. The Morgan fingerprint density at radius 2 is 1.88 bits per heavy atom. The molecule has 1 N–H and O–H groups in total. The van der Waals surface area contributed by atoms with E-state index in [1.165, 1.54) is 7.11 Å². The van der Waals surface area contributed by atoms with Crippen LogP contribution in [0.2, 0.25) is 0 Å². The van der Waals surface area contributed by atoms with Gasteiger partial charge in [0, 0.05) is 40.9 Å². The van der Waals surface area contributed by atoms with Gasteiger partial charge in [0.25, 0.3) is 5.91 Å². The fourth-order valence-electron chi connectivity index (χ4n) is 2.36. The summed E-state index contributed by atoms with van der Waals surface area (Å²) in [5.74, 6) is -0.284. The molecule has 3 rings (SSSR count). The van der Waals surface area contributed by atoms with E-state index in [9.17, 15) is 9.59 Å². The number of carbonyl (C=O) groups is 2. The largest absolute Gasteiger partial charge is 0.465 e.